The number of rotatable bonds is 4. The normalized spacial score (nSPS) is 14.4. The maximum absolute atomic E-state index is 11.0. The van der Waals surface area contributed by atoms with Crippen molar-refractivity contribution in [2.75, 3.05) is 5.88 Å². The van der Waals surface area contributed by atoms with E-state index < -0.39 is 28.4 Å². The van der Waals surface area contributed by atoms with Crippen LogP contribution in [0.25, 0.3) is 0 Å². The Labute approximate surface area is 94.5 Å². The maximum atomic E-state index is 11.0. The highest BCUT2D eigenvalue weighted by molar-refractivity contribution is 6.18. The predicted octanol–water partition coefficient (Wildman–Crippen LogP) is -0.0838. The van der Waals surface area contributed by atoms with Gasteiger partial charge in [0, 0.05) is 17.8 Å². The van der Waals surface area contributed by atoms with E-state index in [-0.39, 0.29) is 11.4 Å². The van der Waals surface area contributed by atoms with Crippen LogP contribution in [0.1, 0.15) is 11.7 Å². The topological polar surface area (TPSA) is 116 Å². The lowest BCUT2D eigenvalue weighted by molar-refractivity contribution is -0.386. The van der Waals surface area contributed by atoms with Crippen molar-refractivity contribution in [3.63, 3.8) is 0 Å². The van der Waals surface area contributed by atoms with Crippen LogP contribution in [0.2, 0.25) is 0 Å². The molecule has 2 atom stereocenters. The van der Waals surface area contributed by atoms with Gasteiger partial charge in [0.1, 0.15) is 6.10 Å². The molecule has 0 aliphatic rings. The van der Waals surface area contributed by atoms with Crippen LogP contribution in [0.4, 0.5) is 5.69 Å². The van der Waals surface area contributed by atoms with Gasteiger partial charge in [0.2, 0.25) is 0 Å². The molecule has 0 aliphatic carbocycles. The summed E-state index contributed by atoms with van der Waals surface area (Å²) >= 11 is 5.31. The van der Waals surface area contributed by atoms with Crippen molar-refractivity contribution in [2.45, 2.75) is 12.2 Å². The van der Waals surface area contributed by atoms with Gasteiger partial charge in [-0.05, 0) is 0 Å². The third-order valence-corrected chi connectivity index (χ3v) is 2.28. The summed E-state index contributed by atoms with van der Waals surface area (Å²) in [5, 5.41) is 29.2. The van der Waals surface area contributed by atoms with Crippen LogP contribution in [0, 0.1) is 10.1 Å². The Kier molecular flexibility index (Phi) is 3.99. The third kappa shape index (κ3) is 2.57. The molecule has 0 aromatic carbocycles. The Morgan fingerprint density at radius 2 is 2.19 bits per heavy atom. The summed E-state index contributed by atoms with van der Waals surface area (Å²) in [6.07, 6.45) is -1.55. The number of hydrogen-bond donors (Lipinski definition) is 3. The Bertz CT molecular complexity index is 446. The number of H-pyrrole nitrogens is 1. The first-order valence-electron chi connectivity index (χ1n) is 4.26. The number of nitrogens with one attached hydrogen (secondary N) is 1. The first-order valence-corrected chi connectivity index (χ1v) is 4.80. The maximum Gasteiger partial charge on any atom is 0.334 e. The zero-order valence-corrected chi connectivity index (χ0v) is 8.72. The molecule has 8 heteroatoms. The number of aliphatic hydroxyl groups is 2. The molecule has 0 saturated heterocycles. The molecule has 2 unspecified atom stereocenters. The average Bonchev–Trinajstić information content (AvgIpc) is 2.27. The van der Waals surface area contributed by atoms with E-state index in [0.29, 0.717) is 0 Å². The zero-order valence-electron chi connectivity index (χ0n) is 7.96. The molecular weight excluding hydrogens is 240 g/mol. The fourth-order valence-electron chi connectivity index (χ4n) is 1.10. The van der Waals surface area contributed by atoms with Gasteiger partial charge in [-0.15, -0.1) is 11.6 Å². The molecule has 1 aromatic rings. The van der Waals surface area contributed by atoms with Gasteiger partial charge in [0.05, 0.1) is 16.9 Å². The summed E-state index contributed by atoms with van der Waals surface area (Å²) in [5.74, 6) is -0.228. The molecule has 0 aliphatic heterocycles. The molecule has 0 fully saturated rings. The summed E-state index contributed by atoms with van der Waals surface area (Å²) < 4.78 is 0. The molecule has 1 rings (SSSR count). The average molecular weight is 249 g/mol. The number of aromatic nitrogens is 1. The highest BCUT2D eigenvalue weighted by Gasteiger charge is 2.21. The van der Waals surface area contributed by atoms with Gasteiger partial charge in [-0.2, -0.15) is 0 Å². The lowest BCUT2D eigenvalue weighted by Crippen LogP contribution is -2.21. The minimum Gasteiger partial charge on any atom is -0.389 e. The Balaban J connectivity index is 3.12. The lowest BCUT2D eigenvalue weighted by Gasteiger charge is -2.14. The van der Waals surface area contributed by atoms with Crippen molar-refractivity contribution in [2.24, 2.45) is 0 Å². The zero-order chi connectivity index (χ0) is 12.3. The molecule has 16 heavy (non-hydrogen) atoms. The van der Waals surface area contributed by atoms with Crippen LogP contribution >= 0.6 is 11.6 Å². The van der Waals surface area contributed by atoms with Gasteiger partial charge in [-0.3, -0.25) is 14.9 Å². The third-order valence-electron chi connectivity index (χ3n) is 1.97. The van der Waals surface area contributed by atoms with Crippen molar-refractivity contribution < 1.29 is 15.1 Å². The highest BCUT2D eigenvalue weighted by atomic mass is 35.5. The Hall–Kier alpha value is -1.44. The number of aliphatic hydroxyl groups excluding tert-OH is 2. The minimum absolute atomic E-state index is 0.0273. The largest absolute Gasteiger partial charge is 0.389 e. The fourth-order valence-corrected chi connectivity index (χ4v) is 1.27. The predicted molar refractivity (Wildman–Crippen MR) is 55.4 cm³/mol. The van der Waals surface area contributed by atoms with E-state index in [1.54, 1.807) is 0 Å². The molecule has 3 N–H and O–H groups in total. The highest BCUT2D eigenvalue weighted by Crippen LogP contribution is 2.18. The number of alkyl halides is 1. The van der Waals surface area contributed by atoms with Gasteiger partial charge in [-0.25, -0.2) is 0 Å². The molecule has 1 aromatic heterocycles. The second-order valence-corrected chi connectivity index (χ2v) is 3.38. The van der Waals surface area contributed by atoms with Crippen molar-refractivity contribution >= 4 is 17.3 Å². The molecule has 88 valence electrons. The smallest absolute Gasteiger partial charge is 0.334 e. The van der Waals surface area contributed by atoms with Crippen LogP contribution in [0.3, 0.4) is 0 Å². The van der Waals surface area contributed by atoms with Gasteiger partial charge < -0.3 is 15.2 Å². The summed E-state index contributed by atoms with van der Waals surface area (Å²) in [6, 6.07) is 0.902. The minimum atomic E-state index is -1.38. The molecule has 0 bridgehead atoms. The Morgan fingerprint density at radius 1 is 1.56 bits per heavy atom. The SMILES string of the molecule is O=c1[nH]cc(C(O)C(O)CCl)cc1[N+](=O)[O-]. The number of halogens is 1. The molecule has 1 heterocycles. The van der Waals surface area contributed by atoms with Crippen molar-refractivity contribution in [1.29, 1.82) is 0 Å². The van der Waals surface area contributed by atoms with Crippen LogP contribution in [0.15, 0.2) is 17.1 Å². The van der Waals surface area contributed by atoms with E-state index in [4.69, 9.17) is 11.6 Å². The molecular formula is C8H9ClN2O5. The standard InChI is InChI=1S/C8H9ClN2O5/c9-2-6(12)7(13)4-1-5(11(15)16)8(14)10-3-4/h1,3,6-7,12-13H,2H2,(H,10,14). The number of nitro groups is 1. The van der Waals surface area contributed by atoms with Gasteiger partial charge in [0.15, 0.2) is 0 Å². The first kappa shape index (κ1) is 12.6. The van der Waals surface area contributed by atoms with E-state index in [0.717, 1.165) is 12.3 Å². The lowest BCUT2D eigenvalue weighted by atomic mass is 10.1. The van der Waals surface area contributed by atoms with E-state index in [1.165, 1.54) is 0 Å². The number of pyridine rings is 1. The van der Waals surface area contributed by atoms with Crippen LogP contribution < -0.4 is 5.56 Å². The number of hydrogen-bond acceptors (Lipinski definition) is 5. The molecule has 0 saturated carbocycles. The van der Waals surface area contributed by atoms with E-state index in [2.05, 4.69) is 4.98 Å². The van der Waals surface area contributed by atoms with Gasteiger partial charge in [0.25, 0.3) is 0 Å². The van der Waals surface area contributed by atoms with Crippen molar-refractivity contribution in [1.82, 2.24) is 4.98 Å². The quantitative estimate of drug-likeness (QED) is 0.391. The van der Waals surface area contributed by atoms with Crippen molar-refractivity contribution in [3.8, 4) is 0 Å². The summed E-state index contributed by atoms with van der Waals surface area (Å²) in [5.41, 5.74) is -1.54. The first-order chi connectivity index (χ1) is 7.47. The second kappa shape index (κ2) is 5.06. The fraction of sp³-hybridized carbons (Fsp3) is 0.375. The molecule has 0 radical (unpaired) electrons. The Morgan fingerprint density at radius 3 is 2.69 bits per heavy atom. The number of aromatic amines is 1. The number of nitrogens with zero attached hydrogens (tertiary/aromatic N) is 1. The van der Waals surface area contributed by atoms with Gasteiger partial charge in [-0.1, -0.05) is 0 Å². The van der Waals surface area contributed by atoms with E-state index >= 15 is 0 Å². The monoisotopic (exact) mass is 248 g/mol. The van der Waals surface area contributed by atoms with Crippen LogP contribution in [-0.2, 0) is 0 Å². The molecule has 0 amide bonds. The van der Waals surface area contributed by atoms with E-state index in [1.807, 2.05) is 0 Å². The van der Waals surface area contributed by atoms with E-state index in [9.17, 15) is 25.1 Å². The van der Waals surface area contributed by atoms with Gasteiger partial charge >= 0.3 is 11.2 Å². The van der Waals surface area contributed by atoms with Crippen molar-refractivity contribution in [3.05, 3.63) is 38.3 Å². The summed E-state index contributed by atoms with van der Waals surface area (Å²) in [6.45, 7) is 0. The molecule has 7 nitrogen and oxygen atoms in total. The molecule has 0 spiro atoms. The summed E-state index contributed by atoms with van der Waals surface area (Å²) in [7, 11) is 0. The second-order valence-electron chi connectivity index (χ2n) is 3.07. The van der Waals surface area contributed by atoms with Crippen LogP contribution in [-0.4, -0.2) is 32.1 Å². The van der Waals surface area contributed by atoms with Crippen LogP contribution in [0.5, 0.6) is 0 Å². The summed E-state index contributed by atoms with van der Waals surface area (Å²) in [4.78, 5) is 22.7.